The summed E-state index contributed by atoms with van der Waals surface area (Å²) in [6.07, 6.45) is 1.66. The minimum atomic E-state index is -0.104. The van der Waals surface area contributed by atoms with Crippen LogP contribution in [0, 0.1) is 0 Å². The van der Waals surface area contributed by atoms with Gasteiger partial charge in [-0.2, -0.15) is 0 Å². The number of halogens is 4. The third-order valence-electron chi connectivity index (χ3n) is 3.07. The monoisotopic (exact) mass is 445 g/mol. The SMILES string of the molecule is O=C(c1cc(Br)cc(Br)c1)c1c[nH]c2cc(Cl)cc(Cl)c12. The van der Waals surface area contributed by atoms with Crippen molar-refractivity contribution in [1.29, 1.82) is 0 Å². The molecule has 0 saturated heterocycles. The van der Waals surface area contributed by atoms with Crippen molar-refractivity contribution >= 4 is 71.7 Å². The topological polar surface area (TPSA) is 32.9 Å². The molecule has 2 aromatic carbocycles. The Labute approximate surface area is 147 Å². The van der Waals surface area contributed by atoms with Crippen molar-refractivity contribution < 1.29 is 4.79 Å². The number of aromatic amines is 1. The van der Waals surface area contributed by atoms with Crippen LogP contribution in [0.1, 0.15) is 15.9 Å². The Hall–Kier alpha value is -0.810. The van der Waals surface area contributed by atoms with Crippen molar-refractivity contribution in [3.8, 4) is 0 Å². The van der Waals surface area contributed by atoms with E-state index in [9.17, 15) is 4.79 Å². The highest BCUT2D eigenvalue weighted by Gasteiger charge is 2.17. The van der Waals surface area contributed by atoms with Gasteiger partial charge in [0.05, 0.1) is 5.02 Å². The second-order valence-corrected chi connectivity index (χ2v) is 7.17. The zero-order chi connectivity index (χ0) is 15.1. The summed E-state index contributed by atoms with van der Waals surface area (Å²) in [4.78, 5) is 15.7. The van der Waals surface area contributed by atoms with Gasteiger partial charge >= 0.3 is 0 Å². The molecule has 0 fully saturated rings. The van der Waals surface area contributed by atoms with E-state index in [-0.39, 0.29) is 5.78 Å². The molecule has 21 heavy (non-hydrogen) atoms. The van der Waals surface area contributed by atoms with Gasteiger partial charge in [0.2, 0.25) is 0 Å². The fourth-order valence-electron chi connectivity index (χ4n) is 2.20. The normalized spacial score (nSPS) is 11.0. The van der Waals surface area contributed by atoms with Crippen LogP contribution in [0.15, 0.2) is 45.5 Å². The van der Waals surface area contributed by atoms with Gasteiger partial charge in [-0.05, 0) is 30.3 Å². The van der Waals surface area contributed by atoms with E-state index in [1.165, 1.54) is 0 Å². The van der Waals surface area contributed by atoms with Gasteiger partial charge in [-0.1, -0.05) is 55.1 Å². The third-order valence-corrected chi connectivity index (χ3v) is 4.50. The Bertz CT molecular complexity index is 853. The number of fused-ring (bicyclic) bond motifs is 1. The average Bonchev–Trinajstić information content (AvgIpc) is 2.80. The van der Waals surface area contributed by atoms with Crippen LogP contribution in [-0.4, -0.2) is 10.8 Å². The van der Waals surface area contributed by atoms with Crippen LogP contribution in [0.4, 0.5) is 0 Å². The molecule has 0 saturated carbocycles. The largest absolute Gasteiger partial charge is 0.360 e. The maximum absolute atomic E-state index is 12.7. The summed E-state index contributed by atoms with van der Waals surface area (Å²) in [7, 11) is 0. The summed E-state index contributed by atoms with van der Waals surface area (Å²) < 4.78 is 1.66. The van der Waals surface area contributed by atoms with Crippen LogP contribution in [-0.2, 0) is 0 Å². The van der Waals surface area contributed by atoms with Crippen LogP contribution < -0.4 is 0 Å². The van der Waals surface area contributed by atoms with Crippen LogP contribution in [0.5, 0.6) is 0 Å². The van der Waals surface area contributed by atoms with Crippen molar-refractivity contribution in [3.63, 3.8) is 0 Å². The first-order valence-electron chi connectivity index (χ1n) is 5.92. The smallest absolute Gasteiger partial charge is 0.195 e. The van der Waals surface area contributed by atoms with Gasteiger partial charge < -0.3 is 4.98 Å². The second kappa shape index (κ2) is 5.76. The summed E-state index contributed by atoms with van der Waals surface area (Å²) in [5.74, 6) is -0.104. The van der Waals surface area contributed by atoms with Gasteiger partial charge in [-0.15, -0.1) is 0 Å². The molecule has 3 rings (SSSR count). The lowest BCUT2D eigenvalue weighted by molar-refractivity contribution is 0.104. The lowest BCUT2D eigenvalue weighted by Crippen LogP contribution is -2.00. The Morgan fingerprint density at radius 2 is 1.67 bits per heavy atom. The Balaban J connectivity index is 2.18. The Kier molecular flexibility index (Phi) is 4.14. The molecule has 3 aromatic rings. The number of hydrogen-bond donors (Lipinski definition) is 1. The van der Waals surface area contributed by atoms with Crippen LogP contribution in [0.2, 0.25) is 10.0 Å². The molecule has 0 bridgehead atoms. The van der Waals surface area contributed by atoms with Crippen molar-refractivity contribution in [2.75, 3.05) is 0 Å². The zero-order valence-corrected chi connectivity index (χ0v) is 15.1. The number of H-pyrrole nitrogens is 1. The molecule has 1 heterocycles. The molecular formula is C15H7Br2Cl2NO. The predicted octanol–water partition coefficient (Wildman–Crippen LogP) is 6.23. The van der Waals surface area contributed by atoms with E-state index in [2.05, 4.69) is 36.8 Å². The molecule has 0 unspecified atom stereocenters. The number of nitrogens with one attached hydrogen (secondary N) is 1. The van der Waals surface area contributed by atoms with Crippen LogP contribution in [0.25, 0.3) is 10.9 Å². The van der Waals surface area contributed by atoms with Crippen molar-refractivity contribution in [2.45, 2.75) is 0 Å². The molecule has 1 aromatic heterocycles. The quantitative estimate of drug-likeness (QED) is 0.464. The van der Waals surface area contributed by atoms with Gasteiger partial charge in [-0.25, -0.2) is 0 Å². The fraction of sp³-hybridized carbons (Fsp3) is 0. The molecule has 0 aliphatic rings. The van der Waals surface area contributed by atoms with Crippen molar-refractivity contribution in [3.05, 3.63) is 66.6 Å². The Morgan fingerprint density at radius 3 is 2.33 bits per heavy atom. The van der Waals surface area contributed by atoms with E-state index in [0.29, 0.717) is 26.6 Å². The molecule has 1 N–H and O–H groups in total. The zero-order valence-electron chi connectivity index (χ0n) is 10.4. The van der Waals surface area contributed by atoms with Gasteiger partial charge in [0.1, 0.15) is 0 Å². The van der Waals surface area contributed by atoms with E-state index in [0.717, 1.165) is 14.5 Å². The number of ketones is 1. The maximum Gasteiger partial charge on any atom is 0.195 e. The average molecular weight is 448 g/mol. The van der Waals surface area contributed by atoms with Crippen LogP contribution >= 0.6 is 55.1 Å². The van der Waals surface area contributed by atoms with E-state index >= 15 is 0 Å². The summed E-state index contributed by atoms with van der Waals surface area (Å²) in [5, 5.41) is 1.66. The Morgan fingerprint density at radius 1 is 1.00 bits per heavy atom. The highest BCUT2D eigenvalue weighted by atomic mass is 79.9. The maximum atomic E-state index is 12.7. The molecule has 106 valence electrons. The number of rotatable bonds is 2. The first kappa shape index (κ1) is 15.1. The number of carbonyl (C=O) groups excluding carboxylic acids is 1. The lowest BCUT2D eigenvalue weighted by Gasteiger charge is -2.03. The fourth-order valence-corrected chi connectivity index (χ4v) is 4.09. The van der Waals surface area contributed by atoms with Gasteiger partial charge in [-0.3, -0.25) is 4.79 Å². The summed E-state index contributed by atoms with van der Waals surface area (Å²) >= 11 is 19.0. The summed E-state index contributed by atoms with van der Waals surface area (Å²) in [6.45, 7) is 0. The highest BCUT2D eigenvalue weighted by Crippen LogP contribution is 2.32. The molecule has 0 spiro atoms. The predicted molar refractivity (Wildman–Crippen MR) is 93.6 cm³/mol. The molecule has 0 amide bonds. The molecule has 2 nitrogen and oxygen atoms in total. The third kappa shape index (κ3) is 2.90. The van der Waals surface area contributed by atoms with E-state index in [1.807, 2.05) is 6.07 Å². The molecule has 0 aliphatic carbocycles. The summed E-state index contributed by atoms with van der Waals surface area (Å²) in [6, 6.07) is 8.80. The van der Waals surface area contributed by atoms with Gasteiger partial charge in [0, 0.05) is 42.2 Å². The van der Waals surface area contributed by atoms with Gasteiger partial charge in [0.25, 0.3) is 0 Å². The molecule has 0 atom stereocenters. The van der Waals surface area contributed by atoms with Gasteiger partial charge in [0.15, 0.2) is 5.78 Å². The minimum absolute atomic E-state index is 0.104. The van der Waals surface area contributed by atoms with E-state index in [4.69, 9.17) is 23.2 Å². The van der Waals surface area contributed by atoms with Crippen molar-refractivity contribution in [2.24, 2.45) is 0 Å². The molecule has 6 heteroatoms. The first-order chi connectivity index (χ1) is 9.95. The summed E-state index contributed by atoms with van der Waals surface area (Å²) in [5.41, 5.74) is 1.84. The minimum Gasteiger partial charge on any atom is -0.360 e. The molecule has 0 radical (unpaired) electrons. The van der Waals surface area contributed by atoms with Crippen LogP contribution in [0.3, 0.4) is 0 Å². The lowest BCUT2D eigenvalue weighted by atomic mass is 10.0. The first-order valence-corrected chi connectivity index (χ1v) is 8.27. The number of aromatic nitrogens is 1. The second-order valence-electron chi connectivity index (χ2n) is 4.50. The number of benzene rings is 2. The number of carbonyl (C=O) groups is 1. The van der Waals surface area contributed by atoms with E-state index in [1.54, 1.807) is 30.5 Å². The molecule has 0 aliphatic heterocycles. The molecular weight excluding hydrogens is 441 g/mol. The van der Waals surface area contributed by atoms with E-state index < -0.39 is 0 Å². The highest BCUT2D eigenvalue weighted by molar-refractivity contribution is 9.11. The number of hydrogen-bond acceptors (Lipinski definition) is 1. The standard InChI is InChI=1S/C15H7Br2Cl2NO/c16-8-1-7(2-9(17)3-8)15(21)11-6-20-13-5-10(18)4-12(19)14(11)13/h1-6,20H. The van der Waals surface area contributed by atoms with Crippen molar-refractivity contribution in [1.82, 2.24) is 4.98 Å².